The van der Waals surface area contributed by atoms with E-state index >= 15 is 0 Å². The lowest BCUT2D eigenvalue weighted by Crippen LogP contribution is -2.39. The van der Waals surface area contributed by atoms with Gasteiger partial charge in [0.05, 0.1) is 16.7 Å². The summed E-state index contributed by atoms with van der Waals surface area (Å²) < 4.78 is 0. The third-order valence-corrected chi connectivity index (χ3v) is 6.63. The third-order valence-electron chi connectivity index (χ3n) is 6.63. The first-order chi connectivity index (χ1) is 13.5. The highest BCUT2D eigenvalue weighted by molar-refractivity contribution is 6.03. The molecular weight excluding hydrogens is 358 g/mol. The Kier molecular flexibility index (Phi) is 5.00. The molecule has 0 radical (unpaired) electrons. The van der Waals surface area contributed by atoms with Crippen molar-refractivity contribution in [1.82, 2.24) is 9.80 Å². The van der Waals surface area contributed by atoms with Gasteiger partial charge < -0.3 is 20.2 Å². The Morgan fingerprint density at radius 1 is 1.04 bits per heavy atom. The molecule has 3 aliphatic rings. The molecule has 3 amide bonds. The summed E-state index contributed by atoms with van der Waals surface area (Å²) in [7, 11) is 0. The number of likely N-dealkylation sites (tertiary alicyclic amines) is 2. The summed E-state index contributed by atoms with van der Waals surface area (Å²) in [5.74, 6) is -0.845. The number of urea groups is 1. The molecule has 7 nitrogen and oxygen atoms in total. The number of nitrogens with zero attached hydrogens (tertiary/aromatic N) is 2. The number of hydrogen-bond donors (Lipinski definition) is 2. The minimum atomic E-state index is -0.805. The van der Waals surface area contributed by atoms with Gasteiger partial charge >= 0.3 is 12.0 Å². The van der Waals surface area contributed by atoms with Gasteiger partial charge in [-0.2, -0.15) is 0 Å². The van der Waals surface area contributed by atoms with E-state index in [0.29, 0.717) is 24.2 Å². The van der Waals surface area contributed by atoms with Gasteiger partial charge in [-0.3, -0.25) is 9.59 Å². The van der Waals surface area contributed by atoms with E-state index in [0.717, 1.165) is 45.2 Å². The fraction of sp³-hybridized carbons (Fsp3) is 0.571. The predicted molar refractivity (Wildman–Crippen MR) is 104 cm³/mol. The van der Waals surface area contributed by atoms with Crippen LogP contribution in [0.15, 0.2) is 24.3 Å². The van der Waals surface area contributed by atoms with Gasteiger partial charge in [0.25, 0.3) is 5.91 Å². The number of amides is 3. The average molecular weight is 385 g/mol. The first-order valence-corrected chi connectivity index (χ1v) is 10.2. The number of carbonyl (C=O) groups excluding carboxylic acids is 2. The highest BCUT2D eigenvalue weighted by atomic mass is 16.4. The van der Waals surface area contributed by atoms with E-state index in [1.54, 1.807) is 29.2 Å². The lowest BCUT2D eigenvalue weighted by molar-refractivity contribution is -0.149. The minimum absolute atomic E-state index is 0.0148. The van der Waals surface area contributed by atoms with Crippen LogP contribution in [-0.4, -0.2) is 59.0 Å². The van der Waals surface area contributed by atoms with Gasteiger partial charge in [0.15, 0.2) is 0 Å². The fourth-order valence-corrected chi connectivity index (χ4v) is 5.03. The lowest BCUT2D eigenvalue weighted by Gasteiger charge is -2.28. The van der Waals surface area contributed by atoms with E-state index in [2.05, 4.69) is 5.32 Å². The van der Waals surface area contributed by atoms with Gasteiger partial charge in [0.1, 0.15) is 0 Å². The summed E-state index contributed by atoms with van der Waals surface area (Å²) in [5.41, 5.74) is 0.176. The lowest BCUT2D eigenvalue weighted by atomic mass is 9.81. The topological polar surface area (TPSA) is 90.0 Å². The normalized spacial score (nSPS) is 26.8. The molecule has 1 aromatic rings. The van der Waals surface area contributed by atoms with Crippen LogP contribution in [0.2, 0.25) is 0 Å². The van der Waals surface area contributed by atoms with E-state index in [1.165, 1.54) is 0 Å². The van der Waals surface area contributed by atoms with Gasteiger partial charge in [-0.25, -0.2) is 4.79 Å². The SMILES string of the molecule is O=C(Nc1ccccc1C(=O)N1CCCCC1)N1C[C@@H]2CCC[C@@]2(C(=O)O)C1. The van der Waals surface area contributed by atoms with E-state index < -0.39 is 11.4 Å². The second-order valence-electron chi connectivity index (χ2n) is 8.26. The Morgan fingerprint density at radius 2 is 1.79 bits per heavy atom. The van der Waals surface area contributed by atoms with Crippen molar-refractivity contribution >= 4 is 23.6 Å². The molecule has 0 bridgehead atoms. The number of fused-ring (bicyclic) bond motifs is 1. The zero-order chi connectivity index (χ0) is 19.7. The zero-order valence-corrected chi connectivity index (χ0v) is 16.0. The van der Waals surface area contributed by atoms with Crippen molar-refractivity contribution in [2.75, 3.05) is 31.5 Å². The zero-order valence-electron chi connectivity index (χ0n) is 16.0. The number of nitrogens with one attached hydrogen (secondary N) is 1. The van der Waals surface area contributed by atoms with Gasteiger partial charge in [-0.15, -0.1) is 0 Å². The van der Waals surface area contributed by atoms with Crippen LogP contribution in [0.1, 0.15) is 48.9 Å². The maximum Gasteiger partial charge on any atom is 0.321 e. The van der Waals surface area contributed by atoms with Crippen molar-refractivity contribution in [3.8, 4) is 0 Å². The molecule has 7 heteroatoms. The average Bonchev–Trinajstić information content (AvgIpc) is 3.27. The van der Waals surface area contributed by atoms with Crippen molar-refractivity contribution < 1.29 is 19.5 Å². The molecule has 1 saturated carbocycles. The van der Waals surface area contributed by atoms with Crippen molar-refractivity contribution in [2.24, 2.45) is 11.3 Å². The fourth-order valence-electron chi connectivity index (χ4n) is 5.03. The molecule has 2 saturated heterocycles. The number of aliphatic carboxylic acids is 1. The molecule has 4 rings (SSSR count). The Labute approximate surface area is 164 Å². The molecule has 0 unspecified atom stereocenters. The smallest absolute Gasteiger partial charge is 0.321 e. The van der Waals surface area contributed by atoms with E-state index in [1.807, 2.05) is 4.90 Å². The second-order valence-corrected chi connectivity index (χ2v) is 8.26. The first kappa shape index (κ1) is 18.8. The van der Waals surface area contributed by atoms with E-state index in [-0.39, 0.29) is 24.4 Å². The maximum atomic E-state index is 12.9. The Bertz CT molecular complexity index is 790. The number of carbonyl (C=O) groups is 3. The molecule has 150 valence electrons. The molecule has 2 heterocycles. The number of anilines is 1. The van der Waals surface area contributed by atoms with Crippen molar-refractivity contribution in [3.63, 3.8) is 0 Å². The summed E-state index contributed by atoms with van der Waals surface area (Å²) in [6.45, 7) is 2.19. The molecular formula is C21H27N3O4. The van der Waals surface area contributed by atoms with Crippen LogP contribution in [0.4, 0.5) is 10.5 Å². The van der Waals surface area contributed by atoms with Crippen molar-refractivity contribution in [1.29, 1.82) is 0 Å². The molecule has 0 spiro atoms. The highest BCUT2D eigenvalue weighted by Crippen LogP contribution is 2.49. The number of carboxylic acid groups (broad SMARTS) is 1. The van der Waals surface area contributed by atoms with E-state index in [9.17, 15) is 19.5 Å². The standard InChI is InChI=1S/C21H27N3O4/c25-18(23-11-4-1-5-12-23)16-8-2-3-9-17(16)22-20(28)24-13-15-7-6-10-21(15,14-24)19(26)27/h2-3,8-9,15H,1,4-7,10-14H2,(H,22,28)(H,26,27)/t15-,21+/m0/s1. The van der Waals surface area contributed by atoms with Crippen molar-refractivity contribution in [2.45, 2.75) is 38.5 Å². The molecule has 28 heavy (non-hydrogen) atoms. The van der Waals surface area contributed by atoms with Crippen LogP contribution in [0.3, 0.4) is 0 Å². The number of para-hydroxylation sites is 1. The highest BCUT2D eigenvalue weighted by Gasteiger charge is 2.55. The quantitative estimate of drug-likeness (QED) is 0.837. The summed E-state index contributed by atoms with van der Waals surface area (Å²) in [5, 5.41) is 12.6. The summed E-state index contributed by atoms with van der Waals surface area (Å²) in [4.78, 5) is 41.0. The predicted octanol–water partition coefficient (Wildman–Crippen LogP) is 3.03. The van der Waals surface area contributed by atoms with Crippen LogP contribution in [-0.2, 0) is 4.79 Å². The molecule has 2 atom stereocenters. The van der Waals surface area contributed by atoms with Crippen LogP contribution in [0, 0.1) is 11.3 Å². The summed E-state index contributed by atoms with van der Waals surface area (Å²) in [6.07, 6.45) is 5.53. The minimum Gasteiger partial charge on any atom is -0.481 e. The Morgan fingerprint density at radius 3 is 2.50 bits per heavy atom. The molecule has 1 aliphatic carbocycles. The summed E-state index contributed by atoms with van der Waals surface area (Å²) >= 11 is 0. The largest absolute Gasteiger partial charge is 0.481 e. The van der Waals surface area contributed by atoms with Gasteiger partial charge in [0, 0.05) is 26.2 Å². The number of benzene rings is 1. The molecule has 3 fully saturated rings. The Balaban J connectivity index is 1.48. The second kappa shape index (κ2) is 7.45. The molecule has 0 aromatic heterocycles. The monoisotopic (exact) mass is 385 g/mol. The van der Waals surface area contributed by atoms with Gasteiger partial charge in [-0.1, -0.05) is 18.6 Å². The number of carboxylic acids is 1. The number of piperidine rings is 1. The third kappa shape index (κ3) is 3.23. The van der Waals surface area contributed by atoms with Gasteiger partial charge in [-0.05, 0) is 50.2 Å². The first-order valence-electron chi connectivity index (χ1n) is 10.2. The van der Waals surface area contributed by atoms with Crippen LogP contribution in [0.5, 0.6) is 0 Å². The number of rotatable bonds is 3. The molecule has 1 aromatic carbocycles. The Hall–Kier alpha value is -2.57. The van der Waals surface area contributed by atoms with Crippen LogP contribution < -0.4 is 5.32 Å². The van der Waals surface area contributed by atoms with E-state index in [4.69, 9.17) is 0 Å². The van der Waals surface area contributed by atoms with Crippen molar-refractivity contribution in [3.05, 3.63) is 29.8 Å². The maximum absolute atomic E-state index is 12.9. The molecule has 2 aliphatic heterocycles. The van der Waals surface area contributed by atoms with Crippen LogP contribution >= 0.6 is 0 Å². The van der Waals surface area contributed by atoms with Gasteiger partial charge in [0.2, 0.25) is 0 Å². The number of hydrogen-bond acceptors (Lipinski definition) is 3. The summed E-state index contributed by atoms with van der Waals surface area (Å²) in [6, 6.07) is 6.74. The van der Waals surface area contributed by atoms with Crippen LogP contribution in [0.25, 0.3) is 0 Å². The molecule has 2 N–H and O–H groups in total.